The van der Waals surface area contributed by atoms with Crippen molar-refractivity contribution in [3.05, 3.63) is 107 Å². The van der Waals surface area contributed by atoms with Crippen LogP contribution in [0.15, 0.2) is 94.7 Å². The Morgan fingerprint density at radius 1 is 0.930 bits per heavy atom. The molecule has 0 spiro atoms. The number of ether oxygens (including phenoxy) is 2. The standard InChI is InChI=1S/C34H32N4O4S/c1-3-42-30-17-25-24(16-29(30)41-2)27(18-28(25)40)36-33-23-12-6-7-13-26(23)37-34(38-33)35-19-21-10-4-8-14-31(21)43-32-15-9-5-11-22(32)20-39/h4-17,27,39H,3,18-20H2,1-2H3,(H2,35,36,37,38). The zero-order valence-corrected chi connectivity index (χ0v) is 24.8. The number of aliphatic hydroxyl groups is 1. The van der Waals surface area contributed by atoms with Crippen molar-refractivity contribution in [3.63, 3.8) is 0 Å². The van der Waals surface area contributed by atoms with Gasteiger partial charge in [-0.05, 0) is 60.0 Å². The van der Waals surface area contributed by atoms with Crippen molar-refractivity contribution in [3.8, 4) is 11.5 Å². The zero-order chi connectivity index (χ0) is 29.8. The average molecular weight is 593 g/mol. The Balaban J connectivity index is 1.28. The van der Waals surface area contributed by atoms with E-state index in [1.165, 1.54) is 0 Å². The zero-order valence-electron chi connectivity index (χ0n) is 24.0. The van der Waals surface area contributed by atoms with Crippen LogP contribution < -0.4 is 20.1 Å². The second-order valence-corrected chi connectivity index (χ2v) is 11.2. The van der Waals surface area contributed by atoms with E-state index >= 15 is 0 Å². The number of fused-ring (bicyclic) bond motifs is 2. The maximum Gasteiger partial charge on any atom is 0.225 e. The van der Waals surface area contributed by atoms with Crippen LogP contribution in [0, 0.1) is 0 Å². The quantitative estimate of drug-likeness (QED) is 0.149. The van der Waals surface area contributed by atoms with Gasteiger partial charge in [0.25, 0.3) is 0 Å². The maximum absolute atomic E-state index is 13.0. The highest BCUT2D eigenvalue weighted by Gasteiger charge is 2.32. The third-order valence-electron chi connectivity index (χ3n) is 7.39. The number of hydrogen-bond acceptors (Lipinski definition) is 9. The van der Waals surface area contributed by atoms with E-state index in [2.05, 4.69) is 22.8 Å². The number of carbonyl (C=O) groups excluding carboxylic acids is 1. The van der Waals surface area contributed by atoms with Crippen molar-refractivity contribution in [2.45, 2.75) is 42.3 Å². The van der Waals surface area contributed by atoms with Crippen LogP contribution in [-0.4, -0.2) is 34.6 Å². The van der Waals surface area contributed by atoms with Gasteiger partial charge < -0.3 is 25.2 Å². The molecular weight excluding hydrogens is 560 g/mol. The molecule has 1 unspecified atom stereocenters. The molecular formula is C34H32N4O4S. The molecule has 0 amide bonds. The number of anilines is 2. The topological polar surface area (TPSA) is 106 Å². The number of nitrogens with zero attached hydrogens (tertiary/aromatic N) is 2. The summed E-state index contributed by atoms with van der Waals surface area (Å²) in [5.74, 6) is 2.33. The molecule has 1 aromatic heterocycles. The van der Waals surface area contributed by atoms with Crippen molar-refractivity contribution < 1.29 is 19.4 Å². The van der Waals surface area contributed by atoms with Crippen LogP contribution in [0.5, 0.6) is 11.5 Å². The third-order valence-corrected chi connectivity index (χ3v) is 8.62. The summed E-state index contributed by atoms with van der Waals surface area (Å²) in [5.41, 5.74) is 4.25. The van der Waals surface area contributed by atoms with Crippen LogP contribution in [-0.2, 0) is 13.2 Å². The number of rotatable bonds is 11. The molecule has 0 radical (unpaired) electrons. The van der Waals surface area contributed by atoms with Gasteiger partial charge in [-0.1, -0.05) is 60.3 Å². The Morgan fingerprint density at radius 2 is 1.65 bits per heavy atom. The fourth-order valence-electron chi connectivity index (χ4n) is 5.27. The lowest BCUT2D eigenvalue weighted by Crippen LogP contribution is -2.12. The lowest BCUT2D eigenvalue weighted by molar-refractivity contribution is 0.0990. The predicted octanol–water partition coefficient (Wildman–Crippen LogP) is 7.03. The summed E-state index contributed by atoms with van der Waals surface area (Å²) in [6.45, 7) is 2.87. The SMILES string of the molecule is CCOc1cc2c(cc1OC)C(Nc1nc(NCc3ccccc3Sc3ccccc3CO)nc3ccccc13)CC2=O. The summed E-state index contributed by atoms with van der Waals surface area (Å²) in [4.78, 5) is 24.8. The van der Waals surface area contributed by atoms with Gasteiger partial charge in [0.1, 0.15) is 5.82 Å². The molecule has 1 aliphatic carbocycles. The van der Waals surface area contributed by atoms with Crippen LogP contribution in [0.1, 0.15) is 46.4 Å². The Labute approximate surface area is 254 Å². The Kier molecular flexibility index (Phi) is 8.44. The van der Waals surface area contributed by atoms with Gasteiger partial charge in [0.2, 0.25) is 5.95 Å². The number of aliphatic hydroxyl groups excluding tert-OH is 1. The van der Waals surface area contributed by atoms with Crippen molar-refractivity contribution in [2.24, 2.45) is 0 Å². The highest BCUT2D eigenvalue weighted by molar-refractivity contribution is 7.99. The van der Waals surface area contributed by atoms with E-state index < -0.39 is 0 Å². The molecule has 0 bridgehead atoms. The number of ketones is 1. The van der Waals surface area contributed by atoms with Gasteiger partial charge in [-0.25, -0.2) is 4.98 Å². The van der Waals surface area contributed by atoms with Crippen molar-refractivity contribution in [1.82, 2.24) is 9.97 Å². The molecule has 1 aliphatic rings. The highest BCUT2D eigenvalue weighted by atomic mass is 32.2. The molecule has 5 aromatic rings. The minimum atomic E-state index is -0.276. The Morgan fingerprint density at radius 3 is 2.42 bits per heavy atom. The molecule has 0 fully saturated rings. The van der Waals surface area contributed by atoms with E-state index in [1.54, 1.807) is 24.9 Å². The van der Waals surface area contributed by atoms with Crippen molar-refractivity contribution in [1.29, 1.82) is 0 Å². The van der Waals surface area contributed by atoms with Crippen LogP contribution in [0.2, 0.25) is 0 Å². The molecule has 1 atom stereocenters. The number of para-hydroxylation sites is 1. The summed E-state index contributed by atoms with van der Waals surface area (Å²) in [5, 5.41) is 17.6. The smallest absolute Gasteiger partial charge is 0.225 e. The summed E-state index contributed by atoms with van der Waals surface area (Å²) in [6, 6.07) is 27.2. The van der Waals surface area contributed by atoms with E-state index in [-0.39, 0.29) is 18.4 Å². The molecule has 0 saturated heterocycles. The molecule has 8 nitrogen and oxygen atoms in total. The Hall–Kier alpha value is -4.60. The molecule has 3 N–H and O–H groups in total. The Bertz CT molecular complexity index is 1790. The van der Waals surface area contributed by atoms with E-state index in [1.807, 2.05) is 73.7 Å². The number of hydrogen-bond donors (Lipinski definition) is 3. The maximum atomic E-state index is 13.0. The summed E-state index contributed by atoms with van der Waals surface area (Å²) >= 11 is 1.62. The number of Topliss-reactive ketones (excluding diaryl/α,β-unsaturated/α-hetero) is 1. The number of aromatic nitrogens is 2. The lowest BCUT2D eigenvalue weighted by Gasteiger charge is -2.18. The molecule has 218 valence electrons. The summed E-state index contributed by atoms with van der Waals surface area (Å²) in [7, 11) is 1.60. The molecule has 1 heterocycles. The van der Waals surface area contributed by atoms with E-state index in [9.17, 15) is 9.90 Å². The van der Waals surface area contributed by atoms with Crippen LogP contribution in [0.3, 0.4) is 0 Å². The normalized spacial score (nSPS) is 14.0. The molecule has 43 heavy (non-hydrogen) atoms. The minimum absolute atomic E-state index is 0.0121. The molecule has 0 aliphatic heterocycles. The number of carbonyl (C=O) groups is 1. The van der Waals surface area contributed by atoms with E-state index in [0.717, 1.165) is 37.4 Å². The molecule has 9 heteroatoms. The predicted molar refractivity (Wildman–Crippen MR) is 169 cm³/mol. The van der Waals surface area contributed by atoms with Gasteiger partial charge >= 0.3 is 0 Å². The van der Waals surface area contributed by atoms with E-state index in [0.29, 0.717) is 48.4 Å². The number of nitrogens with one attached hydrogen (secondary N) is 2. The first kappa shape index (κ1) is 28.5. The number of methoxy groups -OCH3 is 1. The second-order valence-electron chi connectivity index (χ2n) is 10.1. The fourth-order valence-corrected chi connectivity index (χ4v) is 6.34. The van der Waals surface area contributed by atoms with Crippen LogP contribution >= 0.6 is 11.8 Å². The van der Waals surface area contributed by atoms with E-state index in [4.69, 9.17) is 19.4 Å². The van der Waals surface area contributed by atoms with Gasteiger partial charge in [-0.3, -0.25) is 4.79 Å². The van der Waals surface area contributed by atoms with Gasteiger partial charge in [0.15, 0.2) is 17.3 Å². The van der Waals surface area contributed by atoms with Crippen LogP contribution in [0.25, 0.3) is 10.9 Å². The van der Waals surface area contributed by atoms with Gasteiger partial charge in [0, 0.05) is 33.7 Å². The van der Waals surface area contributed by atoms with Crippen molar-refractivity contribution in [2.75, 3.05) is 24.4 Å². The first-order valence-corrected chi connectivity index (χ1v) is 15.0. The first-order chi connectivity index (χ1) is 21.1. The molecule has 0 saturated carbocycles. The fraction of sp³-hybridized carbons (Fsp3) is 0.206. The molecule has 6 rings (SSSR count). The summed E-state index contributed by atoms with van der Waals surface area (Å²) in [6.07, 6.45) is 0.301. The minimum Gasteiger partial charge on any atom is -0.493 e. The molecule has 4 aromatic carbocycles. The second kappa shape index (κ2) is 12.7. The monoisotopic (exact) mass is 592 g/mol. The number of benzene rings is 4. The highest BCUT2D eigenvalue weighted by Crippen LogP contribution is 2.41. The van der Waals surface area contributed by atoms with Gasteiger partial charge in [-0.2, -0.15) is 4.98 Å². The summed E-state index contributed by atoms with van der Waals surface area (Å²) < 4.78 is 11.3. The third kappa shape index (κ3) is 6.00. The van der Waals surface area contributed by atoms with Gasteiger partial charge in [0.05, 0.1) is 31.9 Å². The first-order valence-electron chi connectivity index (χ1n) is 14.2. The largest absolute Gasteiger partial charge is 0.493 e. The van der Waals surface area contributed by atoms with Gasteiger partial charge in [-0.15, -0.1) is 0 Å². The van der Waals surface area contributed by atoms with Crippen molar-refractivity contribution >= 4 is 40.2 Å². The van der Waals surface area contributed by atoms with Crippen LogP contribution in [0.4, 0.5) is 11.8 Å². The lowest BCUT2D eigenvalue weighted by atomic mass is 10.1. The average Bonchev–Trinajstić information content (AvgIpc) is 3.34.